The predicted octanol–water partition coefficient (Wildman–Crippen LogP) is 2.39. The van der Waals surface area contributed by atoms with E-state index in [1.165, 1.54) is 18.2 Å². The van der Waals surface area contributed by atoms with Crippen LogP contribution in [0.3, 0.4) is 0 Å². The molecule has 0 radical (unpaired) electrons. The first-order chi connectivity index (χ1) is 9.95. The van der Waals surface area contributed by atoms with Gasteiger partial charge >= 0.3 is 5.97 Å². The zero-order valence-corrected chi connectivity index (χ0v) is 12.3. The van der Waals surface area contributed by atoms with Gasteiger partial charge in [-0.25, -0.2) is 4.39 Å². The second kappa shape index (κ2) is 7.73. The Kier molecular flexibility index (Phi) is 6.30. The second-order valence-corrected chi connectivity index (χ2v) is 4.80. The van der Waals surface area contributed by atoms with Crippen LogP contribution in [0, 0.1) is 5.82 Å². The van der Waals surface area contributed by atoms with Gasteiger partial charge in [-0.05, 0) is 25.0 Å². The van der Waals surface area contributed by atoms with Gasteiger partial charge in [0.15, 0.2) is 0 Å². The van der Waals surface area contributed by atoms with Gasteiger partial charge in [-0.1, -0.05) is 26.0 Å². The molecule has 0 saturated heterocycles. The molecule has 1 rings (SSSR count). The lowest BCUT2D eigenvalue weighted by atomic mass is 9.93. The summed E-state index contributed by atoms with van der Waals surface area (Å²) in [6, 6.07) is 5.90. The van der Waals surface area contributed by atoms with E-state index in [9.17, 15) is 19.1 Å². The lowest BCUT2D eigenvalue weighted by Crippen LogP contribution is -2.51. The summed E-state index contributed by atoms with van der Waals surface area (Å²) in [5, 5.41) is 14.6. The van der Waals surface area contributed by atoms with Gasteiger partial charge in [0, 0.05) is 13.0 Å². The minimum absolute atomic E-state index is 0.0728. The van der Waals surface area contributed by atoms with E-state index in [4.69, 9.17) is 0 Å². The number of carbonyl (C=O) groups excluding carboxylic acids is 1. The monoisotopic (exact) mass is 296 g/mol. The number of rotatable bonds is 8. The van der Waals surface area contributed by atoms with E-state index < -0.39 is 17.3 Å². The summed E-state index contributed by atoms with van der Waals surface area (Å²) in [5.41, 5.74) is -0.892. The van der Waals surface area contributed by atoms with E-state index in [0.717, 1.165) is 0 Å². The third kappa shape index (κ3) is 4.53. The Bertz CT molecular complexity index is 501. The van der Waals surface area contributed by atoms with Crippen molar-refractivity contribution in [2.45, 2.75) is 38.6 Å². The van der Waals surface area contributed by atoms with Gasteiger partial charge in [0.25, 0.3) is 0 Å². The minimum Gasteiger partial charge on any atom is -0.480 e. The number of anilines is 1. The van der Waals surface area contributed by atoms with Crippen molar-refractivity contribution < 1.29 is 19.1 Å². The van der Waals surface area contributed by atoms with Gasteiger partial charge in [0.05, 0.1) is 5.69 Å². The Morgan fingerprint density at radius 1 is 1.24 bits per heavy atom. The zero-order valence-electron chi connectivity index (χ0n) is 12.3. The molecule has 1 amide bonds. The molecule has 5 nitrogen and oxygen atoms in total. The maximum absolute atomic E-state index is 13.4. The third-order valence-electron chi connectivity index (χ3n) is 3.58. The van der Waals surface area contributed by atoms with Crippen LogP contribution in [0.5, 0.6) is 0 Å². The molecule has 0 bridgehead atoms. The highest BCUT2D eigenvalue weighted by molar-refractivity contribution is 5.91. The molecule has 0 spiro atoms. The summed E-state index contributed by atoms with van der Waals surface area (Å²) in [5.74, 6) is -1.79. The zero-order chi connectivity index (χ0) is 15.9. The van der Waals surface area contributed by atoms with Crippen molar-refractivity contribution in [2.24, 2.45) is 0 Å². The Morgan fingerprint density at radius 2 is 1.86 bits per heavy atom. The molecule has 0 fully saturated rings. The number of amides is 1. The highest BCUT2D eigenvalue weighted by atomic mass is 19.1. The van der Waals surface area contributed by atoms with Gasteiger partial charge in [-0.15, -0.1) is 0 Å². The van der Waals surface area contributed by atoms with Gasteiger partial charge in [0.1, 0.15) is 11.4 Å². The summed E-state index contributed by atoms with van der Waals surface area (Å²) in [4.78, 5) is 23.0. The Balaban J connectivity index is 2.50. The van der Waals surface area contributed by atoms with E-state index in [-0.39, 0.29) is 24.6 Å². The quantitative estimate of drug-likeness (QED) is 0.688. The van der Waals surface area contributed by atoms with Crippen LogP contribution < -0.4 is 10.6 Å². The molecular weight excluding hydrogens is 275 g/mol. The Labute approximate surface area is 123 Å². The molecule has 0 saturated carbocycles. The van der Waals surface area contributed by atoms with Crippen molar-refractivity contribution in [1.82, 2.24) is 5.32 Å². The van der Waals surface area contributed by atoms with Crippen LogP contribution in [0.25, 0.3) is 0 Å². The van der Waals surface area contributed by atoms with E-state index >= 15 is 0 Å². The van der Waals surface area contributed by atoms with Crippen molar-refractivity contribution in [3.05, 3.63) is 30.1 Å². The Morgan fingerprint density at radius 3 is 2.38 bits per heavy atom. The fourth-order valence-electron chi connectivity index (χ4n) is 2.07. The molecule has 116 valence electrons. The summed E-state index contributed by atoms with van der Waals surface area (Å²) >= 11 is 0. The normalized spacial score (nSPS) is 11.2. The number of carbonyl (C=O) groups is 2. The largest absolute Gasteiger partial charge is 0.480 e. The number of hydrogen-bond donors (Lipinski definition) is 3. The first kappa shape index (κ1) is 17.1. The first-order valence-corrected chi connectivity index (χ1v) is 6.98. The number of carboxylic acids is 1. The molecule has 0 atom stereocenters. The topological polar surface area (TPSA) is 78.4 Å². The smallest absolute Gasteiger partial charge is 0.323 e. The molecular formula is C15H21FN2O3. The summed E-state index contributed by atoms with van der Waals surface area (Å²) in [6.07, 6.45) is 0.922. The summed E-state index contributed by atoms with van der Waals surface area (Å²) < 4.78 is 13.4. The molecule has 21 heavy (non-hydrogen) atoms. The average molecular weight is 296 g/mol. The molecule has 0 aliphatic carbocycles. The SMILES string of the molecule is CCC(CC)(NCCC(=O)Nc1ccccc1F)C(=O)O. The number of hydrogen-bond acceptors (Lipinski definition) is 3. The van der Waals surface area contributed by atoms with Crippen molar-refractivity contribution in [2.75, 3.05) is 11.9 Å². The third-order valence-corrected chi connectivity index (χ3v) is 3.58. The van der Waals surface area contributed by atoms with Crippen molar-refractivity contribution in [3.63, 3.8) is 0 Å². The van der Waals surface area contributed by atoms with Crippen molar-refractivity contribution in [1.29, 1.82) is 0 Å². The highest BCUT2D eigenvalue weighted by Crippen LogP contribution is 2.16. The molecule has 0 aliphatic heterocycles. The lowest BCUT2D eigenvalue weighted by molar-refractivity contribution is -0.145. The second-order valence-electron chi connectivity index (χ2n) is 4.80. The molecule has 0 unspecified atom stereocenters. The maximum Gasteiger partial charge on any atom is 0.323 e. The number of halogens is 1. The fraction of sp³-hybridized carbons (Fsp3) is 0.467. The number of benzene rings is 1. The summed E-state index contributed by atoms with van der Waals surface area (Å²) in [6.45, 7) is 3.78. The molecule has 1 aromatic rings. The first-order valence-electron chi connectivity index (χ1n) is 6.98. The van der Waals surface area contributed by atoms with Crippen molar-refractivity contribution in [3.8, 4) is 0 Å². The number of nitrogens with one attached hydrogen (secondary N) is 2. The highest BCUT2D eigenvalue weighted by Gasteiger charge is 2.33. The molecule has 3 N–H and O–H groups in total. The van der Waals surface area contributed by atoms with E-state index in [0.29, 0.717) is 12.8 Å². The lowest BCUT2D eigenvalue weighted by Gasteiger charge is -2.28. The van der Waals surface area contributed by atoms with Crippen molar-refractivity contribution >= 4 is 17.6 Å². The summed E-state index contributed by atoms with van der Waals surface area (Å²) in [7, 11) is 0. The molecule has 6 heteroatoms. The minimum atomic E-state index is -1.02. The predicted molar refractivity (Wildman–Crippen MR) is 78.6 cm³/mol. The van der Waals surface area contributed by atoms with E-state index in [1.54, 1.807) is 19.9 Å². The van der Waals surface area contributed by atoms with Crippen LogP contribution in [-0.2, 0) is 9.59 Å². The number of para-hydroxylation sites is 1. The standard InChI is InChI=1S/C15H21FN2O3/c1-3-15(4-2,14(20)21)17-10-9-13(19)18-12-8-6-5-7-11(12)16/h5-8,17H,3-4,9-10H2,1-2H3,(H,18,19)(H,20,21). The van der Waals surface area contributed by atoms with E-state index in [1.807, 2.05) is 0 Å². The van der Waals surface area contributed by atoms with Crippen LogP contribution in [0.15, 0.2) is 24.3 Å². The van der Waals surface area contributed by atoms with Gasteiger partial charge in [-0.2, -0.15) is 0 Å². The maximum atomic E-state index is 13.4. The molecule has 0 aromatic heterocycles. The van der Waals surface area contributed by atoms with Crippen LogP contribution in [0.2, 0.25) is 0 Å². The number of carboxylic acid groups (broad SMARTS) is 1. The van der Waals surface area contributed by atoms with Gasteiger partial charge in [-0.3, -0.25) is 9.59 Å². The molecule has 0 heterocycles. The molecule has 1 aromatic carbocycles. The average Bonchev–Trinajstić information content (AvgIpc) is 2.46. The van der Waals surface area contributed by atoms with Gasteiger partial charge in [0.2, 0.25) is 5.91 Å². The van der Waals surface area contributed by atoms with Gasteiger partial charge < -0.3 is 15.7 Å². The van der Waals surface area contributed by atoms with Crippen LogP contribution in [0.4, 0.5) is 10.1 Å². The number of aliphatic carboxylic acids is 1. The van der Waals surface area contributed by atoms with Crippen LogP contribution in [-0.4, -0.2) is 29.1 Å². The van der Waals surface area contributed by atoms with Crippen LogP contribution >= 0.6 is 0 Å². The van der Waals surface area contributed by atoms with Crippen LogP contribution in [0.1, 0.15) is 33.1 Å². The fourth-order valence-corrected chi connectivity index (χ4v) is 2.07. The van der Waals surface area contributed by atoms with E-state index in [2.05, 4.69) is 10.6 Å². The molecule has 0 aliphatic rings. The Hall–Kier alpha value is -1.95.